The topological polar surface area (TPSA) is 66.5 Å². The van der Waals surface area contributed by atoms with Crippen LogP contribution in [0.2, 0.25) is 0 Å². The van der Waals surface area contributed by atoms with Gasteiger partial charge in [0, 0.05) is 11.3 Å². The van der Waals surface area contributed by atoms with Gasteiger partial charge in [-0.15, -0.1) is 0 Å². The van der Waals surface area contributed by atoms with E-state index in [4.69, 9.17) is 0 Å². The molecule has 3 fully saturated rings. The van der Waals surface area contributed by atoms with Crippen molar-refractivity contribution in [1.82, 2.24) is 0 Å². The molecule has 4 aliphatic carbocycles. The van der Waals surface area contributed by atoms with Gasteiger partial charge in [-0.05, 0) is 66.8 Å². The highest BCUT2D eigenvalue weighted by Crippen LogP contribution is 2.65. The Morgan fingerprint density at radius 1 is 0.933 bits per heavy atom. The summed E-state index contributed by atoms with van der Waals surface area (Å²) in [5, 5.41) is 2.92. The highest BCUT2D eigenvalue weighted by Gasteiger charge is 2.67. The van der Waals surface area contributed by atoms with Crippen LogP contribution in [0.3, 0.4) is 0 Å². The Balaban J connectivity index is 1.30. The van der Waals surface area contributed by atoms with Crippen LogP contribution < -0.4 is 10.2 Å². The smallest absolute Gasteiger partial charge is 0.255 e. The summed E-state index contributed by atoms with van der Waals surface area (Å²) in [6, 6.07) is 14.4. The number of nitrogens with one attached hydrogen (secondary N) is 1. The number of carbonyl (C=O) groups is 3. The number of anilines is 2. The van der Waals surface area contributed by atoms with Gasteiger partial charge in [0.2, 0.25) is 11.8 Å². The highest BCUT2D eigenvalue weighted by atomic mass is 16.2. The fourth-order valence-electron chi connectivity index (χ4n) is 5.91. The first-order chi connectivity index (χ1) is 14.5. The van der Waals surface area contributed by atoms with Gasteiger partial charge in [0.1, 0.15) is 0 Å². The Bertz CT molecular complexity index is 1100. The maximum absolute atomic E-state index is 13.3. The molecular weight excluding hydrogens is 376 g/mol. The molecule has 5 heteroatoms. The van der Waals surface area contributed by atoms with Crippen LogP contribution in [-0.2, 0) is 9.59 Å². The molecule has 2 saturated carbocycles. The second-order valence-corrected chi connectivity index (χ2v) is 8.99. The third-order valence-corrected chi connectivity index (χ3v) is 7.42. The molecule has 5 aliphatic rings. The van der Waals surface area contributed by atoms with Gasteiger partial charge in [0.25, 0.3) is 5.91 Å². The lowest BCUT2D eigenvalue weighted by Gasteiger charge is -2.37. The summed E-state index contributed by atoms with van der Waals surface area (Å²) in [5.41, 5.74) is 2.63. The summed E-state index contributed by atoms with van der Waals surface area (Å²) in [4.78, 5) is 40.7. The Labute approximate surface area is 174 Å². The summed E-state index contributed by atoms with van der Waals surface area (Å²) in [6.45, 7) is 1.93. The predicted molar refractivity (Wildman–Crippen MR) is 113 cm³/mol. The summed E-state index contributed by atoms with van der Waals surface area (Å²) in [5.74, 6) is 0.593. The molecule has 1 heterocycles. The van der Waals surface area contributed by atoms with E-state index < -0.39 is 0 Å². The normalized spacial score (nSPS) is 32.8. The van der Waals surface area contributed by atoms with E-state index >= 15 is 0 Å². The van der Waals surface area contributed by atoms with Crippen molar-refractivity contribution >= 4 is 29.1 Å². The molecular formula is C25H22N2O3. The van der Waals surface area contributed by atoms with Gasteiger partial charge in [0.15, 0.2) is 0 Å². The van der Waals surface area contributed by atoms with Crippen LogP contribution in [0.5, 0.6) is 0 Å². The zero-order valence-corrected chi connectivity index (χ0v) is 16.6. The molecule has 6 atom stereocenters. The molecule has 1 aliphatic heterocycles. The molecule has 0 unspecified atom stereocenters. The van der Waals surface area contributed by atoms with Crippen molar-refractivity contribution in [2.75, 3.05) is 10.2 Å². The average Bonchev–Trinajstić information content (AvgIpc) is 3.53. The summed E-state index contributed by atoms with van der Waals surface area (Å²) < 4.78 is 0. The van der Waals surface area contributed by atoms with Gasteiger partial charge in [0.05, 0.1) is 17.5 Å². The fraction of sp³-hybridized carbons (Fsp3) is 0.320. The molecule has 3 amide bonds. The lowest BCUT2D eigenvalue weighted by atomic mass is 9.63. The molecule has 1 saturated heterocycles. The number of amides is 3. The van der Waals surface area contributed by atoms with Crippen LogP contribution in [0.4, 0.5) is 11.4 Å². The van der Waals surface area contributed by atoms with Gasteiger partial charge in [-0.2, -0.15) is 0 Å². The number of benzene rings is 2. The number of hydrogen-bond acceptors (Lipinski definition) is 3. The number of para-hydroxylation sites is 1. The molecule has 2 aromatic carbocycles. The third kappa shape index (κ3) is 2.38. The van der Waals surface area contributed by atoms with Crippen molar-refractivity contribution in [3.05, 3.63) is 71.8 Å². The molecule has 0 radical (unpaired) electrons. The van der Waals surface area contributed by atoms with Crippen LogP contribution >= 0.6 is 0 Å². The van der Waals surface area contributed by atoms with E-state index in [0.717, 1.165) is 17.7 Å². The van der Waals surface area contributed by atoms with Crippen molar-refractivity contribution in [2.45, 2.75) is 13.3 Å². The SMILES string of the molecule is Cc1ccccc1NC(=O)c1cccc(N2C(=O)[C@@H]3[C@@H]4C=C[C@H]([C@H]5C[C@H]45)[C@@H]3C2=O)c1. The predicted octanol–water partition coefficient (Wildman–Crippen LogP) is 3.80. The van der Waals surface area contributed by atoms with Crippen LogP contribution in [0.15, 0.2) is 60.7 Å². The van der Waals surface area contributed by atoms with Crippen LogP contribution in [0, 0.1) is 42.4 Å². The zero-order valence-electron chi connectivity index (χ0n) is 16.6. The number of rotatable bonds is 3. The monoisotopic (exact) mass is 398 g/mol. The van der Waals surface area contributed by atoms with Gasteiger partial charge < -0.3 is 5.32 Å². The Morgan fingerprint density at radius 2 is 1.60 bits per heavy atom. The molecule has 30 heavy (non-hydrogen) atoms. The lowest BCUT2D eigenvalue weighted by Crippen LogP contribution is -2.40. The number of carbonyl (C=O) groups excluding carboxylic acids is 3. The van der Waals surface area contributed by atoms with Gasteiger partial charge in [-0.3, -0.25) is 14.4 Å². The molecule has 0 spiro atoms. The van der Waals surface area contributed by atoms with E-state index in [2.05, 4.69) is 17.5 Å². The van der Waals surface area contributed by atoms with Crippen LogP contribution in [-0.4, -0.2) is 17.7 Å². The van der Waals surface area contributed by atoms with Crippen molar-refractivity contribution in [1.29, 1.82) is 0 Å². The number of allylic oxidation sites excluding steroid dienone is 2. The molecule has 150 valence electrons. The second kappa shape index (κ2) is 6.14. The summed E-state index contributed by atoms with van der Waals surface area (Å²) in [7, 11) is 0. The first-order valence-corrected chi connectivity index (χ1v) is 10.6. The van der Waals surface area contributed by atoms with E-state index in [1.54, 1.807) is 24.3 Å². The van der Waals surface area contributed by atoms with Crippen LogP contribution in [0.1, 0.15) is 22.3 Å². The highest BCUT2D eigenvalue weighted by molar-refractivity contribution is 6.23. The maximum atomic E-state index is 13.3. The van der Waals surface area contributed by atoms with Crippen molar-refractivity contribution in [3.63, 3.8) is 0 Å². The van der Waals surface area contributed by atoms with E-state index in [1.807, 2.05) is 31.2 Å². The van der Waals surface area contributed by atoms with E-state index in [1.165, 1.54) is 4.90 Å². The molecule has 2 bridgehead atoms. The van der Waals surface area contributed by atoms with Gasteiger partial charge in [-0.1, -0.05) is 36.4 Å². The van der Waals surface area contributed by atoms with Gasteiger partial charge >= 0.3 is 0 Å². The van der Waals surface area contributed by atoms with Gasteiger partial charge in [-0.25, -0.2) is 4.90 Å². The van der Waals surface area contributed by atoms with E-state index in [-0.39, 0.29) is 41.4 Å². The van der Waals surface area contributed by atoms with Crippen LogP contribution in [0.25, 0.3) is 0 Å². The second-order valence-electron chi connectivity index (χ2n) is 8.99. The lowest BCUT2D eigenvalue weighted by molar-refractivity contribution is -0.124. The molecule has 2 aromatic rings. The minimum absolute atomic E-state index is 0.105. The zero-order chi connectivity index (χ0) is 20.6. The molecule has 1 N–H and O–H groups in total. The number of imide groups is 1. The molecule has 5 nitrogen and oxygen atoms in total. The quantitative estimate of drug-likeness (QED) is 0.632. The third-order valence-electron chi connectivity index (χ3n) is 7.42. The molecule has 7 rings (SSSR count). The Morgan fingerprint density at radius 3 is 2.27 bits per heavy atom. The number of aryl methyl sites for hydroxylation is 1. The number of hydrogen-bond donors (Lipinski definition) is 1. The van der Waals surface area contributed by atoms with Crippen molar-refractivity contribution in [3.8, 4) is 0 Å². The number of nitrogens with zero attached hydrogens (tertiary/aromatic N) is 1. The largest absolute Gasteiger partial charge is 0.322 e. The fourth-order valence-corrected chi connectivity index (χ4v) is 5.91. The standard InChI is InChI=1S/C25H22N2O3/c1-13-5-2-3-8-20(13)26-23(28)14-6-4-7-15(11-14)27-24(29)21-16-9-10-17(19-12-18(16)19)22(21)25(27)30/h2-11,16-19,21-22H,12H2,1H3,(H,26,28)/t16-,17-,18-,19-,21-,22+/m1/s1. The Kier molecular flexibility index (Phi) is 3.61. The van der Waals surface area contributed by atoms with Crippen molar-refractivity contribution < 1.29 is 14.4 Å². The maximum Gasteiger partial charge on any atom is 0.255 e. The first kappa shape index (κ1) is 17.6. The van der Waals surface area contributed by atoms with E-state index in [9.17, 15) is 14.4 Å². The van der Waals surface area contributed by atoms with E-state index in [0.29, 0.717) is 23.1 Å². The average molecular weight is 398 g/mol. The van der Waals surface area contributed by atoms with Crippen molar-refractivity contribution in [2.24, 2.45) is 35.5 Å². The minimum Gasteiger partial charge on any atom is -0.322 e. The minimum atomic E-state index is -0.259. The first-order valence-electron chi connectivity index (χ1n) is 10.6. The summed E-state index contributed by atoms with van der Waals surface area (Å²) in [6.07, 6.45) is 5.48. The Hall–Kier alpha value is -3.21. The summed E-state index contributed by atoms with van der Waals surface area (Å²) >= 11 is 0. The molecule has 0 aromatic heterocycles.